The van der Waals surface area contributed by atoms with Crippen molar-refractivity contribution in [3.8, 4) is 0 Å². The van der Waals surface area contributed by atoms with Gasteiger partial charge in [-0.3, -0.25) is 19.4 Å². The predicted molar refractivity (Wildman–Crippen MR) is 109 cm³/mol. The van der Waals surface area contributed by atoms with Crippen molar-refractivity contribution in [2.75, 3.05) is 44.7 Å². The van der Waals surface area contributed by atoms with Gasteiger partial charge < -0.3 is 15.0 Å². The fraction of sp³-hybridized carbons (Fsp3) is 0.381. The molecule has 172 valence electrons. The van der Waals surface area contributed by atoms with E-state index in [1.165, 1.54) is 9.80 Å². The van der Waals surface area contributed by atoms with Gasteiger partial charge >= 0.3 is 12.1 Å². The predicted octanol–water partition coefficient (Wildman–Crippen LogP) is 1.64. The molecule has 0 aromatic heterocycles. The van der Waals surface area contributed by atoms with Gasteiger partial charge in [0.2, 0.25) is 0 Å². The number of ether oxygens (including phenoxy) is 1. The number of rotatable bonds is 6. The third kappa shape index (κ3) is 4.93. The highest BCUT2D eigenvalue weighted by atomic mass is 19.4. The Bertz CT molecular complexity index is 968. The summed E-state index contributed by atoms with van der Waals surface area (Å²) in [5, 5.41) is 2.25. The number of hydrogen-bond acceptors (Lipinski definition) is 6. The zero-order valence-corrected chi connectivity index (χ0v) is 17.5. The number of carbonyl (C=O) groups is 3. The monoisotopic (exact) mass is 452 g/mol. The Morgan fingerprint density at radius 2 is 1.81 bits per heavy atom. The molecule has 0 spiro atoms. The van der Waals surface area contributed by atoms with Crippen LogP contribution in [0.2, 0.25) is 0 Å². The zero-order chi connectivity index (χ0) is 23.6. The summed E-state index contributed by atoms with van der Waals surface area (Å²) in [5.41, 5.74) is 1.33. The van der Waals surface area contributed by atoms with E-state index in [0.29, 0.717) is 24.2 Å². The van der Waals surface area contributed by atoms with Crippen LogP contribution in [0.15, 0.2) is 42.8 Å². The lowest BCUT2D eigenvalue weighted by atomic mass is 10.1. The maximum Gasteiger partial charge on any atom is 0.401 e. The molecule has 1 saturated heterocycles. The Balaban J connectivity index is 1.71. The Morgan fingerprint density at radius 1 is 1.16 bits per heavy atom. The van der Waals surface area contributed by atoms with Gasteiger partial charge in [-0.25, -0.2) is 4.79 Å². The van der Waals surface area contributed by atoms with Crippen LogP contribution in [0.4, 0.5) is 18.9 Å². The number of halogens is 3. The van der Waals surface area contributed by atoms with E-state index in [0.717, 1.165) is 12.8 Å². The Morgan fingerprint density at radius 3 is 2.41 bits per heavy atom. The summed E-state index contributed by atoms with van der Waals surface area (Å²) in [6.07, 6.45) is -4.25. The molecule has 8 nitrogen and oxygen atoms in total. The van der Waals surface area contributed by atoms with Crippen molar-refractivity contribution in [2.24, 2.45) is 0 Å². The summed E-state index contributed by atoms with van der Waals surface area (Å²) in [6.45, 7) is 7.43. The molecule has 0 bridgehead atoms. The standard InChI is InChI=1S/C21H23F3N4O4/c1-13(20(31)32-3)25-18(29)14(2)28-11-16-15(19(28)30)5-4-6-17(16)27-9-7-26(8-10-27)12-21(22,23)24/h4-6H,1-2,7-12H2,3H3,(H,25,29). The van der Waals surface area contributed by atoms with E-state index < -0.39 is 30.5 Å². The smallest absolute Gasteiger partial charge is 0.401 e. The van der Waals surface area contributed by atoms with Crippen LogP contribution in [0.5, 0.6) is 0 Å². The maximum absolute atomic E-state index is 12.9. The molecular weight excluding hydrogens is 429 g/mol. The molecule has 2 heterocycles. The van der Waals surface area contributed by atoms with E-state index in [4.69, 9.17) is 0 Å². The summed E-state index contributed by atoms with van der Waals surface area (Å²) < 4.78 is 42.4. The van der Waals surface area contributed by atoms with Crippen molar-refractivity contribution >= 4 is 23.5 Å². The van der Waals surface area contributed by atoms with Gasteiger partial charge in [-0.2, -0.15) is 13.2 Å². The quantitative estimate of drug-likeness (QED) is 0.522. The van der Waals surface area contributed by atoms with Crippen LogP contribution in [0.25, 0.3) is 0 Å². The number of nitrogens with one attached hydrogen (secondary N) is 1. The molecular formula is C21H23F3N4O4. The normalized spacial score (nSPS) is 16.6. The van der Waals surface area contributed by atoms with Crippen molar-refractivity contribution in [1.82, 2.24) is 15.1 Å². The summed E-state index contributed by atoms with van der Waals surface area (Å²) >= 11 is 0. The second kappa shape index (κ2) is 9.03. The Labute approximate surface area is 182 Å². The highest BCUT2D eigenvalue weighted by Crippen LogP contribution is 2.34. The zero-order valence-electron chi connectivity index (χ0n) is 17.5. The number of carbonyl (C=O) groups excluding carboxylic acids is 3. The molecule has 1 fully saturated rings. The van der Waals surface area contributed by atoms with Gasteiger partial charge in [0, 0.05) is 43.0 Å². The maximum atomic E-state index is 12.9. The number of benzene rings is 1. The molecule has 0 saturated carbocycles. The van der Waals surface area contributed by atoms with E-state index in [9.17, 15) is 27.6 Å². The number of piperazine rings is 1. The molecule has 1 aromatic carbocycles. The van der Waals surface area contributed by atoms with Crippen LogP contribution in [0, 0.1) is 0 Å². The number of nitrogens with zero attached hydrogens (tertiary/aromatic N) is 3. The molecule has 1 aromatic rings. The summed E-state index contributed by atoms with van der Waals surface area (Å²) in [7, 11) is 1.14. The molecule has 32 heavy (non-hydrogen) atoms. The molecule has 1 N–H and O–H groups in total. The van der Waals surface area contributed by atoms with Crippen molar-refractivity contribution in [3.05, 3.63) is 53.9 Å². The number of amides is 2. The molecule has 2 aliphatic heterocycles. The minimum atomic E-state index is -4.25. The number of hydrogen-bond donors (Lipinski definition) is 1. The van der Waals surface area contributed by atoms with Crippen LogP contribution in [0.3, 0.4) is 0 Å². The lowest BCUT2D eigenvalue weighted by Gasteiger charge is -2.37. The number of anilines is 1. The first-order valence-electron chi connectivity index (χ1n) is 9.77. The molecule has 0 radical (unpaired) electrons. The second-order valence-corrected chi connectivity index (χ2v) is 7.44. The first-order valence-corrected chi connectivity index (χ1v) is 9.77. The minimum Gasteiger partial charge on any atom is -0.464 e. The van der Waals surface area contributed by atoms with Crippen LogP contribution in [0.1, 0.15) is 15.9 Å². The molecule has 0 unspecified atom stereocenters. The third-order valence-electron chi connectivity index (χ3n) is 5.34. The molecule has 2 amide bonds. The van der Waals surface area contributed by atoms with Crippen LogP contribution in [-0.4, -0.2) is 73.6 Å². The average molecular weight is 452 g/mol. The number of esters is 1. The molecule has 0 aliphatic carbocycles. The van der Waals surface area contributed by atoms with E-state index in [-0.39, 0.29) is 31.0 Å². The molecule has 11 heteroatoms. The highest BCUT2D eigenvalue weighted by molar-refractivity contribution is 6.07. The SMILES string of the molecule is C=C(NC(=O)C(=C)N1Cc2c(cccc2N2CCN(CC(F)(F)F)CC2)C1=O)C(=O)OC. The van der Waals surface area contributed by atoms with E-state index in [1.54, 1.807) is 18.2 Å². The fourth-order valence-electron chi connectivity index (χ4n) is 3.74. The fourth-order valence-corrected chi connectivity index (χ4v) is 3.74. The number of alkyl halides is 3. The molecule has 3 rings (SSSR count). The molecule has 0 atom stereocenters. The van der Waals surface area contributed by atoms with Gasteiger partial charge in [0.1, 0.15) is 11.4 Å². The highest BCUT2D eigenvalue weighted by Gasteiger charge is 2.36. The Hall–Kier alpha value is -3.34. The summed E-state index contributed by atoms with van der Waals surface area (Å²) in [5.74, 6) is -2.03. The molecule has 2 aliphatic rings. The topological polar surface area (TPSA) is 82.2 Å². The lowest BCUT2D eigenvalue weighted by Crippen LogP contribution is -2.49. The van der Waals surface area contributed by atoms with Crippen molar-refractivity contribution in [1.29, 1.82) is 0 Å². The first-order chi connectivity index (χ1) is 15.0. The number of methoxy groups -OCH3 is 1. The minimum absolute atomic E-state index is 0.0735. The van der Waals surface area contributed by atoms with Crippen molar-refractivity contribution in [2.45, 2.75) is 12.7 Å². The summed E-state index contributed by atoms with van der Waals surface area (Å²) in [4.78, 5) is 41.2. The third-order valence-corrected chi connectivity index (χ3v) is 5.34. The summed E-state index contributed by atoms with van der Waals surface area (Å²) in [6, 6.07) is 5.12. The Kier molecular flexibility index (Phi) is 6.58. The second-order valence-electron chi connectivity index (χ2n) is 7.44. The lowest BCUT2D eigenvalue weighted by molar-refractivity contribution is -0.146. The largest absolute Gasteiger partial charge is 0.464 e. The van der Waals surface area contributed by atoms with Crippen LogP contribution < -0.4 is 10.2 Å². The van der Waals surface area contributed by atoms with E-state index in [2.05, 4.69) is 23.2 Å². The van der Waals surface area contributed by atoms with Gasteiger partial charge in [-0.15, -0.1) is 0 Å². The van der Waals surface area contributed by atoms with Gasteiger partial charge in [0.25, 0.3) is 11.8 Å². The van der Waals surface area contributed by atoms with E-state index >= 15 is 0 Å². The average Bonchev–Trinajstić information content (AvgIpc) is 3.08. The van der Waals surface area contributed by atoms with Gasteiger partial charge in [-0.1, -0.05) is 19.2 Å². The van der Waals surface area contributed by atoms with Crippen molar-refractivity contribution in [3.63, 3.8) is 0 Å². The van der Waals surface area contributed by atoms with Gasteiger partial charge in [0.05, 0.1) is 20.2 Å². The van der Waals surface area contributed by atoms with Crippen LogP contribution in [-0.2, 0) is 20.9 Å². The van der Waals surface area contributed by atoms with Gasteiger partial charge in [-0.05, 0) is 12.1 Å². The van der Waals surface area contributed by atoms with Gasteiger partial charge in [0.15, 0.2) is 0 Å². The first kappa shape index (κ1) is 23.3. The van der Waals surface area contributed by atoms with E-state index in [1.807, 2.05) is 4.90 Å². The van der Waals surface area contributed by atoms with Crippen molar-refractivity contribution < 1.29 is 32.3 Å². The number of fused-ring (bicyclic) bond motifs is 1. The van der Waals surface area contributed by atoms with Crippen LogP contribution >= 0.6 is 0 Å².